The van der Waals surface area contributed by atoms with E-state index in [9.17, 15) is 5.26 Å². The second kappa shape index (κ2) is 5.41. The summed E-state index contributed by atoms with van der Waals surface area (Å²) in [6.45, 7) is 5.69. The Morgan fingerprint density at radius 3 is 2.47 bits per heavy atom. The molecule has 92 valence electrons. The molecule has 0 N–H and O–H groups in total. The molecule has 1 aromatic rings. The first-order valence-corrected chi connectivity index (χ1v) is 9.30. The highest BCUT2D eigenvalue weighted by atomic mass is 35.5. The van der Waals surface area contributed by atoms with Crippen LogP contribution in [0.2, 0.25) is 18.1 Å². The van der Waals surface area contributed by atoms with E-state index in [0.29, 0.717) is 16.1 Å². The van der Waals surface area contributed by atoms with Gasteiger partial charge in [-0.2, -0.15) is 5.26 Å². The molecule has 1 rings (SSSR count). The van der Waals surface area contributed by atoms with Gasteiger partial charge in [-0.15, -0.1) is 11.6 Å². The molecule has 1 unspecified atom stereocenters. The molecule has 0 heterocycles. The summed E-state index contributed by atoms with van der Waals surface area (Å²) in [4.78, 5) is 0. The van der Waals surface area contributed by atoms with E-state index >= 15 is 0 Å². The van der Waals surface area contributed by atoms with Gasteiger partial charge in [0.05, 0.1) is 0 Å². The van der Waals surface area contributed by atoms with Crippen LogP contribution < -0.4 is 0 Å². The second-order valence-corrected chi connectivity index (χ2v) is 9.82. The zero-order valence-corrected chi connectivity index (χ0v) is 12.6. The van der Waals surface area contributed by atoms with Gasteiger partial charge in [-0.05, 0) is 26.1 Å². The molecule has 2 nitrogen and oxygen atoms in total. The molecule has 0 saturated heterocycles. The van der Waals surface area contributed by atoms with Gasteiger partial charge in [0.15, 0.2) is 5.60 Å². The van der Waals surface area contributed by atoms with E-state index in [1.165, 1.54) is 0 Å². The molecular formula is C12H15Cl2NOSi. The first kappa shape index (κ1) is 14.5. The van der Waals surface area contributed by atoms with Crippen molar-refractivity contribution in [2.75, 3.05) is 5.50 Å². The van der Waals surface area contributed by atoms with Crippen LogP contribution in [0.25, 0.3) is 0 Å². The van der Waals surface area contributed by atoms with Crippen molar-refractivity contribution in [2.24, 2.45) is 0 Å². The third-order valence-electron chi connectivity index (χ3n) is 2.40. The van der Waals surface area contributed by atoms with Crippen LogP contribution in [0.3, 0.4) is 0 Å². The largest absolute Gasteiger partial charge is 0.395 e. The van der Waals surface area contributed by atoms with Gasteiger partial charge in [-0.25, -0.2) is 0 Å². The van der Waals surface area contributed by atoms with Crippen molar-refractivity contribution in [3.63, 3.8) is 0 Å². The second-order valence-electron chi connectivity index (χ2n) is 4.62. The molecule has 0 aliphatic carbocycles. The predicted octanol–water partition coefficient (Wildman–Crippen LogP) is 4.08. The summed E-state index contributed by atoms with van der Waals surface area (Å²) in [5, 5.41) is 9.91. The fraction of sp³-hybridized carbons (Fsp3) is 0.417. The first-order chi connectivity index (χ1) is 7.84. The van der Waals surface area contributed by atoms with Gasteiger partial charge in [0.1, 0.15) is 6.07 Å². The summed E-state index contributed by atoms with van der Waals surface area (Å²) >= 11 is 12.0. The molecule has 0 fully saturated rings. The lowest BCUT2D eigenvalue weighted by atomic mass is 9.98. The zero-order chi connectivity index (χ0) is 13.1. The third kappa shape index (κ3) is 3.46. The van der Waals surface area contributed by atoms with Crippen LogP contribution in [0, 0.1) is 11.3 Å². The maximum atomic E-state index is 9.37. The number of nitriles is 1. The average molecular weight is 288 g/mol. The highest BCUT2D eigenvalue weighted by Gasteiger charge is 2.37. The molecule has 0 aromatic heterocycles. The number of hydrogen-bond donors (Lipinski definition) is 0. The number of benzene rings is 1. The summed E-state index contributed by atoms with van der Waals surface area (Å²) in [7, 11) is -2.06. The molecule has 1 atom stereocenters. The minimum Gasteiger partial charge on any atom is -0.395 e. The summed E-state index contributed by atoms with van der Waals surface area (Å²) < 4.78 is 5.95. The highest BCUT2D eigenvalue weighted by Crippen LogP contribution is 2.33. The van der Waals surface area contributed by atoms with Crippen molar-refractivity contribution in [3.05, 3.63) is 34.9 Å². The van der Waals surface area contributed by atoms with Gasteiger partial charge in [0.2, 0.25) is 8.32 Å². The van der Waals surface area contributed by atoms with Crippen LogP contribution in [0.1, 0.15) is 12.5 Å². The molecule has 0 spiro atoms. The molecule has 0 aliphatic heterocycles. The molecular weight excluding hydrogens is 273 g/mol. The summed E-state index contributed by atoms with van der Waals surface area (Å²) in [6, 6.07) is 9.43. The van der Waals surface area contributed by atoms with Gasteiger partial charge in [-0.1, -0.05) is 29.8 Å². The minimum atomic E-state index is -2.06. The van der Waals surface area contributed by atoms with Crippen molar-refractivity contribution in [3.8, 4) is 6.07 Å². The lowest BCUT2D eigenvalue weighted by Gasteiger charge is -2.32. The van der Waals surface area contributed by atoms with E-state index in [4.69, 9.17) is 27.6 Å². The fourth-order valence-corrected chi connectivity index (χ4v) is 3.36. The average Bonchev–Trinajstić information content (AvgIpc) is 2.29. The molecule has 0 radical (unpaired) electrons. The van der Waals surface area contributed by atoms with E-state index in [2.05, 4.69) is 6.07 Å². The Balaban J connectivity index is 3.15. The minimum absolute atomic E-state index is 0.439. The van der Waals surface area contributed by atoms with E-state index in [1.54, 1.807) is 13.0 Å². The Hall–Kier alpha value is -0.533. The smallest absolute Gasteiger partial charge is 0.203 e. The predicted molar refractivity (Wildman–Crippen MR) is 73.7 cm³/mol. The fourth-order valence-electron chi connectivity index (χ4n) is 1.57. The Labute approximate surface area is 113 Å². The number of halogens is 2. The number of hydrogen-bond acceptors (Lipinski definition) is 2. The lowest BCUT2D eigenvalue weighted by molar-refractivity contribution is 0.140. The normalized spacial score (nSPS) is 15.1. The topological polar surface area (TPSA) is 33.0 Å². The van der Waals surface area contributed by atoms with Gasteiger partial charge in [-0.3, -0.25) is 0 Å². The summed E-state index contributed by atoms with van der Waals surface area (Å²) in [5.41, 5.74) is 0.0902. The molecule has 0 aliphatic rings. The van der Waals surface area contributed by atoms with Crippen molar-refractivity contribution in [2.45, 2.75) is 25.6 Å². The maximum Gasteiger partial charge on any atom is 0.203 e. The van der Waals surface area contributed by atoms with Gasteiger partial charge in [0.25, 0.3) is 0 Å². The summed E-state index contributed by atoms with van der Waals surface area (Å²) in [5.74, 6) is 0. The number of rotatable bonds is 4. The van der Waals surface area contributed by atoms with Gasteiger partial charge < -0.3 is 4.43 Å². The van der Waals surface area contributed by atoms with Crippen LogP contribution in [-0.4, -0.2) is 13.8 Å². The highest BCUT2D eigenvalue weighted by molar-refractivity contribution is 6.77. The first-order valence-electron chi connectivity index (χ1n) is 5.27. The van der Waals surface area contributed by atoms with E-state index in [1.807, 2.05) is 31.3 Å². The zero-order valence-electron chi connectivity index (χ0n) is 10.1. The van der Waals surface area contributed by atoms with Crippen molar-refractivity contribution < 1.29 is 4.43 Å². The van der Waals surface area contributed by atoms with Gasteiger partial charge in [0, 0.05) is 16.1 Å². The molecule has 0 bridgehead atoms. The van der Waals surface area contributed by atoms with Gasteiger partial charge >= 0.3 is 0 Å². The van der Waals surface area contributed by atoms with Crippen LogP contribution in [0.15, 0.2) is 24.3 Å². The van der Waals surface area contributed by atoms with Crippen molar-refractivity contribution in [1.82, 2.24) is 0 Å². The van der Waals surface area contributed by atoms with E-state index in [0.717, 1.165) is 0 Å². The van der Waals surface area contributed by atoms with Crippen LogP contribution in [-0.2, 0) is 10.0 Å². The maximum absolute atomic E-state index is 9.37. The molecule has 0 amide bonds. The quantitative estimate of drug-likeness (QED) is 0.618. The van der Waals surface area contributed by atoms with Crippen LogP contribution in [0.4, 0.5) is 0 Å². The molecule has 17 heavy (non-hydrogen) atoms. The Kier molecular flexibility index (Phi) is 4.62. The SMILES string of the molecule is CC(C#N)(O[Si](C)(C)CCl)c1ccccc1Cl. The molecule has 1 aromatic carbocycles. The van der Waals surface area contributed by atoms with Crippen molar-refractivity contribution >= 4 is 31.5 Å². The monoisotopic (exact) mass is 287 g/mol. The number of alkyl halides is 1. The Bertz CT molecular complexity index is 444. The lowest BCUT2D eigenvalue weighted by Crippen LogP contribution is -2.42. The molecule has 5 heteroatoms. The summed E-state index contributed by atoms with van der Waals surface area (Å²) in [6.07, 6.45) is 0. The molecule has 0 saturated carbocycles. The van der Waals surface area contributed by atoms with Crippen LogP contribution in [0.5, 0.6) is 0 Å². The van der Waals surface area contributed by atoms with Crippen LogP contribution >= 0.6 is 23.2 Å². The Morgan fingerprint density at radius 1 is 1.41 bits per heavy atom. The van der Waals surface area contributed by atoms with E-state index in [-0.39, 0.29) is 0 Å². The van der Waals surface area contributed by atoms with Crippen molar-refractivity contribution in [1.29, 1.82) is 5.26 Å². The van der Waals surface area contributed by atoms with E-state index < -0.39 is 13.9 Å². The third-order valence-corrected chi connectivity index (χ3v) is 6.27. The number of nitrogens with zero attached hydrogens (tertiary/aromatic N) is 1. The standard InChI is InChI=1S/C12H15Cl2NOSi/c1-12(8-15,16-17(2,3)9-13)10-6-4-5-7-11(10)14/h4-7H,9H2,1-3H3. The Morgan fingerprint density at radius 2 is 2.00 bits per heavy atom.